The van der Waals surface area contributed by atoms with Crippen LogP contribution in [-0.4, -0.2) is 9.49 Å². The molecule has 21 heavy (non-hydrogen) atoms. The fourth-order valence-corrected chi connectivity index (χ4v) is 1.61. The molecule has 0 atom stereocenters. The standard InChI is InChI=1S/C13H12N2O2.2C2H6/c1-11-4-6-13(7-5-11)14-9-2-3-12(14)8-10-15(16)17;2*1-2/h2-10H,1H3;2*1-2H3/b10-8+;;. The minimum atomic E-state index is -0.466. The van der Waals surface area contributed by atoms with Gasteiger partial charge in [0.05, 0.1) is 10.6 Å². The van der Waals surface area contributed by atoms with E-state index in [9.17, 15) is 10.1 Å². The maximum atomic E-state index is 10.3. The third-order valence-electron chi connectivity index (χ3n) is 2.46. The lowest BCUT2D eigenvalue weighted by molar-refractivity contribution is -0.401. The zero-order valence-electron chi connectivity index (χ0n) is 13.4. The first kappa shape index (κ1) is 18.6. The van der Waals surface area contributed by atoms with Crippen molar-refractivity contribution in [3.8, 4) is 5.69 Å². The van der Waals surface area contributed by atoms with Crippen LogP contribution >= 0.6 is 0 Å². The summed E-state index contributed by atoms with van der Waals surface area (Å²) in [6.45, 7) is 10.0. The quantitative estimate of drug-likeness (QED) is 0.583. The number of aryl methyl sites for hydroxylation is 1. The van der Waals surface area contributed by atoms with Crippen molar-refractivity contribution in [2.24, 2.45) is 0 Å². The molecule has 0 unspecified atom stereocenters. The molecule has 0 saturated carbocycles. The van der Waals surface area contributed by atoms with Gasteiger partial charge < -0.3 is 4.57 Å². The van der Waals surface area contributed by atoms with Crippen LogP contribution in [0.4, 0.5) is 0 Å². The minimum absolute atomic E-state index is 0.466. The van der Waals surface area contributed by atoms with Crippen LogP contribution in [0.3, 0.4) is 0 Å². The smallest absolute Gasteiger partial charge is 0.236 e. The summed E-state index contributed by atoms with van der Waals surface area (Å²) in [5.74, 6) is 0. The van der Waals surface area contributed by atoms with Gasteiger partial charge in [0.25, 0.3) is 0 Å². The molecular formula is C17H24N2O2. The predicted octanol–water partition coefficient (Wildman–Crippen LogP) is 5.09. The third-order valence-corrected chi connectivity index (χ3v) is 2.46. The Labute approximate surface area is 126 Å². The second-order valence-electron chi connectivity index (χ2n) is 3.74. The van der Waals surface area contributed by atoms with Gasteiger partial charge in [-0.05, 0) is 31.2 Å². The highest BCUT2D eigenvalue weighted by molar-refractivity contribution is 5.49. The van der Waals surface area contributed by atoms with Gasteiger partial charge in [-0.15, -0.1) is 0 Å². The zero-order chi connectivity index (χ0) is 16.3. The van der Waals surface area contributed by atoms with Gasteiger partial charge in [-0.25, -0.2) is 0 Å². The molecule has 4 heteroatoms. The van der Waals surface area contributed by atoms with Crippen molar-refractivity contribution in [1.82, 2.24) is 4.57 Å². The van der Waals surface area contributed by atoms with Crippen LogP contribution in [0.15, 0.2) is 48.8 Å². The highest BCUT2D eigenvalue weighted by atomic mass is 16.6. The second kappa shape index (κ2) is 10.4. The van der Waals surface area contributed by atoms with Crippen molar-refractivity contribution in [3.05, 3.63) is 70.2 Å². The molecule has 1 aromatic heterocycles. The Balaban J connectivity index is 0.000000921. The van der Waals surface area contributed by atoms with E-state index in [1.165, 1.54) is 11.6 Å². The predicted molar refractivity (Wildman–Crippen MR) is 89.2 cm³/mol. The Kier molecular flexibility index (Phi) is 9.26. The van der Waals surface area contributed by atoms with Crippen LogP contribution in [0.1, 0.15) is 39.0 Å². The summed E-state index contributed by atoms with van der Waals surface area (Å²) in [4.78, 5) is 9.83. The van der Waals surface area contributed by atoms with E-state index in [1.807, 2.05) is 81.8 Å². The molecule has 0 N–H and O–H groups in total. The summed E-state index contributed by atoms with van der Waals surface area (Å²) in [5, 5.41) is 10.3. The first-order valence-electron chi connectivity index (χ1n) is 7.23. The number of aromatic nitrogens is 1. The van der Waals surface area contributed by atoms with Crippen molar-refractivity contribution in [3.63, 3.8) is 0 Å². The van der Waals surface area contributed by atoms with Crippen molar-refractivity contribution >= 4 is 6.08 Å². The Hall–Kier alpha value is -2.36. The molecule has 0 fully saturated rings. The van der Waals surface area contributed by atoms with Gasteiger partial charge in [-0.1, -0.05) is 45.4 Å². The molecule has 1 heterocycles. The first-order chi connectivity index (χ1) is 10.2. The molecule has 4 nitrogen and oxygen atoms in total. The van der Waals surface area contributed by atoms with Crippen LogP contribution in [0.2, 0.25) is 0 Å². The highest BCUT2D eigenvalue weighted by Gasteiger charge is 2.01. The summed E-state index contributed by atoms with van der Waals surface area (Å²) in [7, 11) is 0. The van der Waals surface area contributed by atoms with Gasteiger partial charge in [-0.3, -0.25) is 10.1 Å². The van der Waals surface area contributed by atoms with E-state index >= 15 is 0 Å². The summed E-state index contributed by atoms with van der Waals surface area (Å²) in [6.07, 6.45) is 4.31. The molecule has 0 radical (unpaired) electrons. The molecule has 0 spiro atoms. The SMILES string of the molecule is CC.CC.Cc1ccc(-n2cccc2/C=C/[N+](=O)[O-])cc1. The molecule has 1 aromatic carbocycles. The van der Waals surface area contributed by atoms with E-state index in [0.717, 1.165) is 17.6 Å². The lowest BCUT2D eigenvalue weighted by atomic mass is 10.2. The summed E-state index contributed by atoms with van der Waals surface area (Å²) >= 11 is 0. The van der Waals surface area contributed by atoms with Gasteiger partial charge in [0.2, 0.25) is 6.20 Å². The summed E-state index contributed by atoms with van der Waals surface area (Å²) < 4.78 is 1.90. The van der Waals surface area contributed by atoms with Crippen molar-refractivity contribution in [1.29, 1.82) is 0 Å². The molecule has 114 valence electrons. The van der Waals surface area contributed by atoms with Crippen LogP contribution < -0.4 is 0 Å². The van der Waals surface area contributed by atoms with Gasteiger partial charge >= 0.3 is 0 Å². The first-order valence-corrected chi connectivity index (χ1v) is 7.23. The summed E-state index contributed by atoms with van der Waals surface area (Å²) in [5.41, 5.74) is 2.96. The molecule has 2 rings (SSSR count). The van der Waals surface area contributed by atoms with Crippen molar-refractivity contribution in [2.75, 3.05) is 0 Å². The van der Waals surface area contributed by atoms with Crippen LogP contribution in [0, 0.1) is 17.0 Å². The van der Waals surface area contributed by atoms with E-state index < -0.39 is 4.92 Å². The van der Waals surface area contributed by atoms with E-state index in [2.05, 4.69) is 0 Å². The lowest BCUT2D eigenvalue weighted by Gasteiger charge is -2.06. The molecule has 2 aromatic rings. The number of hydrogen-bond donors (Lipinski definition) is 0. The third kappa shape index (κ3) is 6.08. The maximum absolute atomic E-state index is 10.3. The molecule has 0 saturated heterocycles. The van der Waals surface area contributed by atoms with Crippen LogP contribution in [0.25, 0.3) is 11.8 Å². The Bertz CT molecular complexity index is 554. The lowest BCUT2D eigenvalue weighted by Crippen LogP contribution is -1.95. The Morgan fingerprint density at radius 1 is 1.05 bits per heavy atom. The monoisotopic (exact) mass is 288 g/mol. The number of hydrogen-bond acceptors (Lipinski definition) is 2. The molecule has 0 amide bonds. The maximum Gasteiger partial charge on any atom is 0.236 e. The average molecular weight is 288 g/mol. The van der Waals surface area contributed by atoms with Gasteiger partial charge in [0.15, 0.2) is 0 Å². The number of benzene rings is 1. The summed E-state index contributed by atoms with van der Waals surface area (Å²) in [6, 6.07) is 11.7. The molecule has 0 aliphatic carbocycles. The normalized spacial score (nSPS) is 9.38. The van der Waals surface area contributed by atoms with E-state index in [1.54, 1.807) is 0 Å². The van der Waals surface area contributed by atoms with Crippen LogP contribution in [0.5, 0.6) is 0 Å². The van der Waals surface area contributed by atoms with Gasteiger partial charge in [-0.2, -0.15) is 0 Å². The number of nitrogens with zero attached hydrogens (tertiary/aromatic N) is 2. The Morgan fingerprint density at radius 2 is 1.62 bits per heavy atom. The Morgan fingerprint density at radius 3 is 2.14 bits per heavy atom. The molecular weight excluding hydrogens is 264 g/mol. The number of nitro groups is 1. The van der Waals surface area contributed by atoms with Gasteiger partial charge in [0, 0.05) is 18.0 Å². The highest BCUT2D eigenvalue weighted by Crippen LogP contribution is 2.14. The molecule has 0 bridgehead atoms. The largest absolute Gasteiger partial charge is 0.317 e. The molecule has 0 aliphatic heterocycles. The van der Waals surface area contributed by atoms with Crippen molar-refractivity contribution in [2.45, 2.75) is 34.6 Å². The van der Waals surface area contributed by atoms with E-state index in [4.69, 9.17) is 0 Å². The fraction of sp³-hybridized carbons (Fsp3) is 0.294. The number of rotatable bonds is 3. The van der Waals surface area contributed by atoms with Crippen LogP contribution in [-0.2, 0) is 0 Å². The second-order valence-corrected chi connectivity index (χ2v) is 3.74. The van der Waals surface area contributed by atoms with Crippen molar-refractivity contribution < 1.29 is 4.92 Å². The zero-order valence-corrected chi connectivity index (χ0v) is 13.4. The minimum Gasteiger partial charge on any atom is -0.317 e. The fourth-order valence-electron chi connectivity index (χ4n) is 1.61. The topological polar surface area (TPSA) is 48.1 Å². The van der Waals surface area contributed by atoms with Gasteiger partial charge in [0.1, 0.15) is 0 Å². The van der Waals surface area contributed by atoms with E-state index in [-0.39, 0.29) is 0 Å². The average Bonchev–Trinajstić information content (AvgIpc) is 2.98. The van der Waals surface area contributed by atoms with E-state index in [0.29, 0.717) is 0 Å². The molecule has 0 aliphatic rings.